The van der Waals surface area contributed by atoms with Gasteiger partial charge in [-0.1, -0.05) is 12.1 Å². The molecule has 3 heteroatoms. The number of rotatable bonds is 3. The van der Waals surface area contributed by atoms with Gasteiger partial charge in [-0.05, 0) is 44.6 Å². The fourth-order valence-electron chi connectivity index (χ4n) is 2.30. The molecule has 0 bridgehead atoms. The Bertz CT molecular complexity index is 348. The lowest BCUT2D eigenvalue weighted by molar-refractivity contribution is 0.196. The average molecular weight is 222 g/mol. The molecular weight excluding hydrogens is 203 g/mol. The van der Waals surface area contributed by atoms with E-state index in [1.54, 1.807) is 12.1 Å². The Morgan fingerprint density at radius 1 is 1.50 bits per heavy atom. The fourth-order valence-corrected chi connectivity index (χ4v) is 2.30. The second kappa shape index (κ2) is 4.93. The van der Waals surface area contributed by atoms with Crippen molar-refractivity contribution in [1.82, 2.24) is 10.2 Å². The van der Waals surface area contributed by atoms with Gasteiger partial charge in [0.2, 0.25) is 0 Å². The third kappa shape index (κ3) is 2.42. The van der Waals surface area contributed by atoms with Crippen molar-refractivity contribution in [2.75, 3.05) is 20.1 Å². The second-order valence-electron chi connectivity index (χ2n) is 4.54. The molecule has 1 N–H and O–H groups in total. The van der Waals surface area contributed by atoms with Crippen molar-refractivity contribution < 1.29 is 4.39 Å². The molecule has 1 heterocycles. The zero-order chi connectivity index (χ0) is 11.5. The Balaban J connectivity index is 2.08. The van der Waals surface area contributed by atoms with Crippen LogP contribution >= 0.6 is 0 Å². The van der Waals surface area contributed by atoms with Gasteiger partial charge < -0.3 is 5.32 Å². The molecule has 1 saturated heterocycles. The molecule has 0 amide bonds. The van der Waals surface area contributed by atoms with Crippen LogP contribution in [0.25, 0.3) is 0 Å². The van der Waals surface area contributed by atoms with Crippen molar-refractivity contribution in [1.29, 1.82) is 0 Å². The van der Waals surface area contributed by atoms with E-state index < -0.39 is 0 Å². The van der Waals surface area contributed by atoms with E-state index in [1.165, 1.54) is 12.5 Å². The molecule has 1 fully saturated rings. The maximum atomic E-state index is 13.1. The van der Waals surface area contributed by atoms with E-state index in [0.717, 1.165) is 18.7 Å². The number of likely N-dealkylation sites (N-methyl/N-ethyl adjacent to an activating group) is 1. The predicted molar refractivity (Wildman–Crippen MR) is 63.9 cm³/mol. The van der Waals surface area contributed by atoms with Crippen LogP contribution in [0, 0.1) is 5.82 Å². The number of nitrogens with one attached hydrogen (secondary N) is 1. The third-order valence-corrected chi connectivity index (χ3v) is 3.55. The van der Waals surface area contributed by atoms with Crippen molar-refractivity contribution in [2.24, 2.45) is 0 Å². The minimum Gasteiger partial charge on any atom is -0.315 e. The molecule has 1 aromatic carbocycles. The molecule has 2 atom stereocenters. The van der Waals surface area contributed by atoms with Gasteiger partial charge in [0.25, 0.3) is 0 Å². The number of benzene rings is 1. The number of hydrogen-bond acceptors (Lipinski definition) is 2. The summed E-state index contributed by atoms with van der Waals surface area (Å²) in [7, 11) is 2.12. The summed E-state index contributed by atoms with van der Waals surface area (Å²) in [6.07, 6.45) is 1.18. The Labute approximate surface area is 96.5 Å². The van der Waals surface area contributed by atoms with Gasteiger partial charge >= 0.3 is 0 Å². The van der Waals surface area contributed by atoms with E-state index in [9.17, 15) is 4.39 Å². The van der Waals surface area contributed by atoms with Crippen LogP contribution in [0.2, 0.25) is 0 Å². The first kappa shape index (κ1) is 11.6. The summed E-state index contributed by atoms with van der Waals surface area (Å²) in [5.74, 6) is -0.151. The molecule has 1 aliphatic rings. The molecule has 16 heavy (non-hydrogen) atoms. The standard InChI is InChI=1S/C13H19FN2/c1-10(11-4-3-5-12(14)8-11)16(2)13-6-7-15-9-13/h3-5,8,10,13,15H,6-7,9H2,1-2H3. The van der Waals surface area contributed by atoms with Crippen molar-refractivity contribution >= 4 is 0 Å². The van der Waals surface area contributed by atoms with E-state index in [1.807, 2.05) is 6.07 Å². The normalized spacial score (nSPS) is 22.6. The van der Waals surface area contributed by atoms with Gasteiger partial charge in [0, 0.05) is 18.6 Å². The highest BCUT2D eigenvalue weighted by atomic mass is 19.1. The smallest absolute Gasteiger partial charge is 0.123 e. The molecule has 0 aliphatic carbocycles. The van der Waals surface area contributed by atoms with Crippen molar-refractivity contribution in [3.05, 3.63) is 35.6 Å². The topological polar surface area (TPSA) is 15.3 Å². The van der Waals surface area contributed by atoms with E-state index in [-0.39, 0.29) is 11.9 Å². The Kier molecular flexibility index (Phi) is 3.56. The van der Waals surface area contributed by atoms with E-state index in [0.29, 0.717) is 6.04 Å². The third-order valence-electron chi connectivity index (χ3n) is 3.55. The van der Waals surface area contributed by atoms with Crippen LogP contribution in [-0.2, 0) is 0 Å². The molecule has 1 aromatic rings. The van der Waals surface area contributed by atoms with E-state index >= 15 is 0 Å². The lowest BCUT2D eigenvalue weighted by Gasteiger charge is -2.30. The SMILES string of the molecule is CC(c1cccc(F)c1)N(C)C1CCNC1. The Hall–Kier alpha value is -0.930. The van der Waals surface area contributed by atoms with Gasteiger partial charge in [0.05, 0.1) is 0 Å². The van der Waals surface area contributed by atoms with Gasteiger partial charge in [0.15, 0.2) is 0 Å². The number of halogens is 1. The summed E-state index contributed by atoms with van der Waals surface area (Å²) in [5.41, 5.74) is 1.05. The molecule has 2 nitrogen and oxygen atoms in total. The summed E-state index contributed by atoms with van der Waals surface area (Å²) in [6, 6.07) is 7.73. The van der Waals surface area contributed by atoms with Crippen LogP contribution in [-0.4, -0.2) is 31.1 Å². The summed E-state index contributed by atoms with van der Waals surface area (Å²) >= 11 is 0. The first-order valence-electron chi connectivity index (χ1n) is 5.86. The lowest BCUT2D eigenvalue weighted by Crippen LogP contribution is -2.35. The minimum atomic E-state index is -0.151. The molecule has 2 rings (SSSR count). The summed E-state index contributed by atoms with van der Waals surface area (Å²) in [5, 5.41) is 3.36. The molecule has 0 saturated carbocycles. The molecule has 0 spiro atoms. The largest absolute Gasteiger partial charge is 0.315 e. The quantitative estimate of drug-likeness (QED) is 0.843. The highest BCUT2D eigenvalue weighted by Gasteiger charge is 2.23. The monoisotopic (exact) mass is 222 g/mol. The van der Waals surface area contributed by atoms with Gasteiger partial charge in [-0.2, -0.15) is 0 Å². The van der Waals surface area contributed by atoms with E-state index in [4.69, 9.17) is 0 Å². The first-order valence-corrected chi connectivity index (χ1v) is 5.86. The van der Waals surface area contributed by atoms with Gasteiger partial charge in [-0.25, -0.2) is 4.39 Å². The van der Waals surface area contributed by atoms with Crippen LogP contribution in [0.1, 0.15) is 24.9 Å². The van der Waals surface area contributed by atoms with Crippen LogP contribution in [0.4, 0.5) is 4.39 Å². The summed E-state index contributed by atoms with van der Waals surface area (Å²) in [6.45, 7) is 4.26. The Morgan fingerprint density at radius 2 is 2.31 bits per heavy atom. The number of nitrogens with zero attached hydrogens (tertiary/aromatic N) is 1. The minimum absolute atomic E-state index is 0.151. The highest BCUT2D eigenvalue weighted by molar-refractivity contribution is 5.19. The van der Waals surface area contributed by atoms with Gasteiger partial charge in [-0.3, -0.25) is 4.90 Å². The summed E-state index contributed by atoms with van der Waals surface area (Å²) < 4.78 is 13.1. The van der Waals surface area contributed by atoms with Crippen molar-refractivity contribution in [2.45, 2.75) is 25.4 Å². The van der Waals surface area contributed by atoms with Gasteiger partial charge in [0.1, 0.15) is 5.82 Å². The molecular formula is C13H19FN2. The van der Waals surface area contributed by atoms with Crippen LogP contribution in [0.15, 0.2) is 24.3 Å². The zero-order valence-corrected chi connectivity index (χ0v) is 9.91. The predicted octanol–water partition coefficient (Wildman–Crippen LogP) is 2.18. The van der Waals surface area contributed by atoms with Crippen LogP contribution in [0.5, 0.6) is 0 Å². The molecule has 0 aromatic heterocycles. The fraction of sp³-hybridized carbons (Fsp3) is 0.538. The molecule has 1 aliphatic heterocycles. The van der Waals surface area contributed by atoms with E-state index in [2.05, 4.69) is 24.2 Å². The molecule has 0 radical (unpaired) electrons. The van der Waals surface area contributed by atoms with Crippen LogP contribution in [0.3, 0.4) is 0 Å². The van der Waals surface area contributed by atoms with Crippen molar-refractivity contribution in [3.8, 4) is 0 Å². The maximum Gasteiger partial charge on any atom is 0.123 e. The van der Waals surface area contributed by atoms with Gasteiger partial charge in [-0.15, -0.1) is 0 Å². The molecule has 88 valence electrons. The highest BCUT2D eigenvalue weighted by Crippen LogP contribution is 2.23. The molecule has 2 unspecified atom stereocenters. The second-order valence-corrected chi connectivity index (χ2v) is 4.54. The number of hydrogen-bond donors (Lipinski definition) is 1. The first-order chi connectivity index (χ1) is 7.68. The maximum absolute atomic E-state index is 13.1. The lowest BCUT2D eigenvalue weighted by atomic mass is 10.1. The zero-order valence-electron chi connectivity index (χ0n) is 9.91. The Morgan fingerprint density at radius 3 is 2.94 bits per heavy atom. The summed E-state index contributed by atoms with van der Waals surface area (Å²) in [4.78, 5) is 2.33. The van der Waals surface area contributed by atoms with Crippen LogP contribution < -0.4 is 5.32 Å². The van der Waals surface area contributed by atoms with Crippen molar-refractivity contribution in [3.63, 3.8) is 0 Å². The average Bonchev–Trinajstić information content (AvgIpc) is 2.80.